The Bertz CT molecular complexity index is 344. The van der Waals surface area contributed by atoms with Gasteiger partial charge in [0.05, 0.1) is 11.6 Å². The van der Waals surface area contributed by atoms with Crippen LogP contribution in [0.5, 0.6) is 5.75 Å². The summed E-state index contributed by atoms with van der Waals surface area (Å²) in [7, 11) is 0. The predicted molar refractivity (Wildman–Crippen MR) is 59.0 cm³/mol. The smallest absolute Gasteiger partial charge is 0.124 e. The maximum Gasteiger partial charge on any atom is 0.124 e. The Morgan fingerprint density at radius 3 is 2.93 bits per heavy atom. The Balaban J connectivity index is 2.02. The molecule has 0 bridgehead atoms. The molecule has 0 spiro atoms. The zero-order valence-electron chi connectivity index (χ0n) is 9.16. The molecular weight excluding hydrogens is 190 g/mol. The molecule has 2 rings (SSSR count). The van der Waals surface area contributed by atoms with E-state index in [0.717, 1.165) is 5.75 Å². The van der Waals surface area contributed by atoms with Crippen molar-refractivity contribution in [2.75, 3.05) is 13.2 Å². The van der Waals surface area contributed by atoms with Crippen LogP contribution in [0.3, 0.4) is 0 Å². The maximum atomic E-state index is 9.62. The van der Waals surface area contributed by atoms with Crippen LogP contribution in [-0.4, -0.2) is 23.9 Å². The Labute approximate surface area is 90.1 Å². The van der Waals surface area contributed by atoms with Gasteiger partial charge in [-0.1, -0.05) is 18.2 Å². The summed E-state index contributed by atoms with van der Waals surface area (Å²) in [5.74, 6) is 0.950. The zero-order valence-corrected chi connectivity index (χ0v) is 9.16. The molecule has 0 aliphatic carbocycles. The SMILES string of the molecule is CC(C)(O)CNC1COc2ccccc21. The Morgan fingerprint density at radius 1 is 1.47 bits per heavy atom. The Hall–Kier alpha value is -1.06. The van der Waals surface area contributed by atoms with Crippen LogP contribution < -0.4 is 10.1 Å². The lowest BCUT2D eigenvalue weighted by molar-refractivity contribution is 0.0753. The topological polar surface area (TPSA) is 41.5 Å². The van der Waals surface area contributed by atoms with E-state index in [1.165, 1.54) is 5.56 Å². The summed E-state index contributed by atoms with van der Waals surface area (Å²) in [4.78, 5) is 0. The molecule has 1 aliphatic rings. The van der Waals surface area contributed by atoms with Gasteiger partial charge < -0.3 is 15.2 Å². The van der Waals surface area contributed by atoms with E-state index in [9.17, 15) is 5.11 Å². The van der Waals surface area contributed by atoms with Crippen LogP contribution in [0.4, 0.5) is 0 Å². The number of ether oxygens (including phenoxy) is 1. The number of benzene rings is 1. The number of fused-ring (bicyclic) bond motifs is 1. The van der Waals surface area contributed by atoms with Crippen molar-refractivity contribution in [1.82, 2.24) is 5.32 Å². The second-order valence-corrected chi connectivity index (χ2v) is 4.59. The van der Waals surface area contributed by atoms with Gasteiger partial charge in [0, 0.05) is 12.1 Å². The van der Waals surface area contributed by atoms with E-state index in [0.29, 0.717) is 13.2 Å². The van der Waals surface area contributed by atoms with Gasteiger partial charge in [-0.3, -0.25) is 0 Å². The largest absolute Gasteiger partial charge is 0.491 e. The van der Waals surface area contributed by atoms with Gasteiger partial charge in [-0.15, -0.1) is 0 Å². The van der Waals surface area contributed by atoms with Crippen LogP contribution in [-0.2, 0) is 0 Å². The number of para-hydroxylation sites is 1. The number of hydrogen-bond acceptors (Lipinski definition) is 3. The number of nitrogens with one attached hydrogen (secondary N) is 1. The molecule has 1 aliphatic heterocycles. The highest BCUT2D eigenvalue weighted by atomic mass is 16.5. The van der Waals surface area contributed by atoms with Gasteiger partial charge in [-0.25, -0.2) is 0 Å². The molecule has 15 heavy (non-hydrogen) atoms. The van der Waals surface area contributed by atoms with Crippen molar-refractivity contribution < 1.29 is 9.84 Å². The third-order valence-corrected chi connectivity index (χ3v) is 2.48. The number of rotatable bonds is 3. The van der Waals surface area contributed by atoms with Crippen molar-refractivity contribution in [3.63, 3.8) is 0 Å². The maximum absolute atomic E-state index is 9.62. The average molecular weight is 207 g/mol. The Kier molecular flexibility index (Phi) is 2.67. The quantitative estimate of drug-likeness (QED) is 0.789. The lowest BCUT2D eigenvalue weighted by Gasteiger charge is -2.20. The second kappa shape index (κ2) is 3.83. The van der Waals surface area contributed by atoms with Crippen LogP contribution >= 0.6 is 0 Å². The minimum absolute atomic E-state index is 0.202. The fourth-order valence-electron chi connectivity index (χ4n) is 1.70. The van der Waals surface area contributed by atoms with Gasteiger partial charge in [0.25, 0.3) is 0 Å². The van der Waals surface area contributed by atoms with Gasteiger partial charge in [0.1, 0.15) is 12.4 Å². The first-order chi connectivity index (χ1) is 7.06. The van der Waals surface area contributed by atoms with Gasteiger partial charge in [-0.2, -0.15) is 0 Å². The lowest BCUT2D eigenvalue weighted by Crippen LogP contribution is -2.37. The van der Waals surface area contributed by atoms with Crippen molar-refractivity contribution in [3.05, 3.63) is 29.8 Å². The lowest BCUT2D eigenvalue weighted by atomic mass is 10.1. The second-order valence-electron chi connectivity index (χ2n) is 4.59. The molecule has 1 heterocycles. The van der Waals surface area contributed by atoms with E-state index in [1.54, 1.807) is 13.8 Å². The molecule has 0 amide bonds. The zero-order chi connectivity index (χ0) is 10.9. The molecule has 1 unspecified atom stereocenters. The highest BCUT2D eigenvalue weighted by molar-refractivity contribution is 5.39. The standard InChI is InChI=1S/C12H17NO2/c1-12(2,14)8-13-10-7-15-11-6-4-3-5-9(10)11/h3-6,10,13-14H,7-8H2,1-2H3. The van der Waals surface area contributed by atoms with E-state index in [2.05, 4.69) is 11.4 Å². The summed E-state index contributed by atoms with van der Waals surface area (Å²) in [6.07, 6.45) is 0. The van der Waals surface area contributed by atoms with Crippen LogP contribution in [0, 0.1) is 0 Å². The van der Waals surface area contributed by atoms with Gasteiger partial charge in [0.15, 0.2) is 0 Å². The van der Waals surface area contributed by atoms with Crippen LogP contribution in [0.1, 0.15) is 25.5 Å². The summed E-state index contributed by atoms with van der Waals surface area (Å²) in [6, 6.07) is 8.21. The average Bonchev–Trinajstić information content (AvgIpc) is 2.57. The van der Waals surface area contributed by atoms with Gasteiger partial charge >= 0.3 is 0 Å². The first kappa shape index (κ1) is 10.5. The third kappa shape index (κ3) is 2.49. The molecule has 3 heteroatoms. The first-order valence-corrected chi connectivity index (χ1v) is 5.24. The van der Waals surface area contributed by atoms with Crippen molar-refractivity contribution in [2.24, 2.45) is 0 Å². The highest BCUT2D eigenvalue weighted by Crippen LogP contribution is 2.31. The molecule has 2 N–H and O–H groups in total. The summed E-state index contributed by atoms with van der Waals surface area (Å²) in [5, 5.41) is 12.9. The first-order valence-electron chi connectivity index (χ1n) is 5.24. The van der Waals surface area contributed by atoms with Crippen LogP contribution in [0.25, 0.3) is 0 Å². The van der Waals surface area contributed by atoms with Crippen molar-refractivity contribution in [2.45, 2.75) is 25.5 Å². The molecule has 0 radical (unpaired) electrons. The Morgan fingerprint density at radius 2 is 2.20 bits per heavy atom. The molecule has 0 aromatic heterocycles. The number of hydrogen-bond donors (Lipinski definition) is 2. The van der Waals surface area contributed by atoms with E-state index in [4.69, 9.17) is 4.74 Å². The molecule has 0 saturated carbocycles. The van der Waals surface area contributed by atoms with Crippen LogP contribution in [0.15, 0.2) is 24.3 Å². The molecule has 1 aromatic rings. The van der Waals surface area contributed by atoms with E-state index in [-0.39, 0.29) is 6.04 Å². The summed E-state index contributed by atoms with van der Waals surface area (Å²) >= 11 is 0. The molecule has 0 fully saturated rings. The van der Waals surface area contributed by atoms with Crippen molar-refractivity contribution >= 4 is 0 Å². The summed E-state index contributed by atoms with van der Waals surface area (Å²) in [5.41, 5.74) is 0.499. The van der Waals surface area contributed by atoms with Crippen molar-refractivity contribution in [1.29, 1.82) is 0 Å². The van der Waals surface area contributed by atoms with E-state index < -0.39 is 5.60 Å². The van der Waals surface area contributed by atoms with E-state index in [1.807, 2.05) is 18.2 Å². The molecule has 3 nitrogen and oxygen atoms in total. The predicted octanol–water partition coefficient (Wildman–Crippen LogP) is 1.48. The summed E-state index contributed by atoms with van der Waals surface area (Å²) in [6.45, 7) is 4.80. The van der Waals surface area contributed by atoms with Crippen molar-refractivity contribution in [3.8, 4) is 5.75 Å². The highest BCUT2D eigenvalue weighted by Gasteiger charge is 2.24. The van der Waals surface area contributed by atoms with Crippen LogP contribution in [0.2, 0.25) is 0 Å². The third-order valence-electron chi connectivity index (χ3n) is 2.48. The number of aliphatic hydroxyl groups is 1. The molecule has 0 saturated heterocycles. The molecule has 82 valence electrons. The van der Waals surface area contributed by atoms with Gasteiger partial charge in [0.2, 0.25) is 0 Å². The summed E-state index contributed by atoms with van der Waals surface area (Å²) < 4.78 is 5.53. The molecular formula is C12H17NO2. The molecule has 1 aromatic carbocycles. The monoisotopic (exact) mass is 207 g/mol. The minimum atomic E-state index is -0.683. The fraction of sp³-hybridized carbons (Fsp3) is 0.500. The fourth-order valence-corrected chi connectivity index (χ4v) is 1.70. The molecule has 1 atom stereocenters. The van der Waals surface area contributed by atoms with Gasteiger partial charge in [-0.05, 0) is 19.9 Å². The normalized spacial score (nSPS) is 19.8. The minimum Gasteiger partial charge on any atom is -0.491 e. The van der Waals surface area contributed by atoms with E-state index >= 15 is 0 Å².